The number of aromatic nitrogens is 3. The molecule has 0 N–H and O–H groups in total. The van der Waals surface area contributed by atoms with Gasteiger partial charge in [-0.25, -0.2) is 9.67 Å². The van der Waals surface area contributed by atoms with E-state index in [1.165, 1.54) is 0 Å². The van der Waals surface area contributed by atoms with Gasteiger partial charge in [0.15, 0.2) is 5.82 Å². The summed E-state index contributed by atoms with van der Waals surface area (Å²) in [5.41, 5.74) is 1.59. The minimum atomic E-state index is -4.38. The zero-order chi connectivity index (χ0) is 23.8. The molecular weight excluding hydrogens is 459 g/mol. The summed E-state index contributed by atoms with van der Waals surface area (Å²) < 4.78 is 54.1. The molecule has 3 aromatic rings. The third-order valence-electron chi connectivity index (χ3n) is 4.84. The number of halogens is 4. The van der Waals surface area contributed by atoms with Crippen LogP contribution in [0, 0.1) is 0 Å². The minimum absolute atomic E-state index is 0.116. The van der Waals surface area contributed by atoms with Crippen molar-refractivity contribution in [3.05, 3.63) is 64.9 Å². The van der Waals surface area contributed by atoms with Crippen LogP contribution < -0.4 is 4.74 Å². The predicted molar refractivity (Wildman–Crippen MR) is 119 cm³/mol. The number of nitrogens with zero attached hydrogens (tertiary/aromatic N) is 3. The molecule has 33 heavy (non-hydrogen) atoms. The van der Waals surface area contributed by atoms with E-state index in [1.807, 2.05) is 37.3 Å². The van der Waals surface area contributed by atoms with Gasteiger partial charge >= 0.3 is 6.18 Å². The van der Waals surface area contributed by atoms with Gasteiger partial charge in [-0.05, 0) is 35.9 Å². The van der Waals surface area contributed by atoms with Gasteiger partial charge in [-0.1, -0.05) is 36.7 Å². The Morgan fingerprint density at radius 2 is 1.76 bits per heavy atom. The molecule has 1 atom stereocenters. The molecular formula is C23H25ClF3N3O3. The van der Waals surface area contributed by atoms with Crippen molar-refractivity contribution >= 4 is 11.6 Å². The Hall–Kier alpha value is -2.62. The zero-order valence-corrected chi connectivity index (χ0v) is 19.1. The van der Waals surface area contributed by atoms with Crippen LogP contribution in [0.4, 0.5) is 13.2 Å². The third kappa shape index (κ3) is 7.18. The maximum Gasteiger partial charge on any atom is 0.411 e. The van der Waals surface area contributed by atoms with Gasteiger partial charge in [0.05, 0.1) is 19.8 Å². The number of hydrogen-bond donors (Lipinski definition) is 0. The quantitative estimate of drug-likeness (QED) is 0.344. The van der Waals surface area contributed by atoms with Crippen LogP contribution in [0.1, 0.15) is 24.2 Å². The lowest BCUT2D eigenvalue weighted by Crippen LogP contribution is -2.20. The van der Waals surface area contributed by atoms with Crippen molar-refractivity contribution in [2.24, 2.45) is 0 Å². The lowest BCUT2D eigenvalue weighted by atomic mass is 10.0. The Balaban J connectivity index is 1.83. The molecule has 0 spiro atoms. The van der Waals surface area contributed by atoms with Gasteiger partial charge < -0.3 is 14.2 Å². The van der Waals surface area contributed by atoms with Crippen LogP contribution in [0.2, 0.25) is 5.02 Å². The Morgan fingerprint density at radius 3 is 2.42 bits per heavy atom. The number of alkyl halides is 3. The SMILES string of the molecule is COCCOc1ccc(-c2nc(C(C)c3ccccc3Cl)n(CCOCC(F)(F)F)n2)cc1. The summed E-state index contributed by atoms with van der Waals surface area (Å²) in [6.45, 7) is 1.49. The summed E-state index contributed by atoms with van der Waals surface area (Å²) >= 11 is 6.36. The van der Waals surface area contributed by atoms with Crippen molar-refractivity contribution in [2.45, 2.75) is 25.6 Å². The Labute approximate surface area is 195 Å². The summed E-state index contributed by atoms with van der Waals surface area (Å²) in [5.74, 6) is 1.47. The highest BCUT2D eigenvalue weighted by atomic mass is 35.5. The first kappa shape index (κ1) is 25.0. The first-order valence-electron chi connectivity index (χ1n) is 10.3. The van der Waals surface area contributed by atoms with Crippen molar-refractivity contribution in [3.63, 3.8) is 0 Å². The Kier molecular flexibility index (Phi) is 8.71. The average Bonchev–Trinajstić information content (AvgIpc) is 3.21. The van der Waals surface area contributed by atoms with E-state index >= 15 is 0 Å². The molecule has 0 aliphatic carbocycles. The molecule has 0 bridgehead atoms. The van der Waals surface area contributed by atoms with E-state index in [2.05, 4.69) is 10.1 Å². The molecule has 6 nitrogen and oxygen atoms in total. The van der Waals surface area contributed by atoms with Gasteiger partial charge in [-0.3, -0.25) is 0 Å². The van der Waals surface area contributed by atoms with Gasteiger partial charge in [0, 0.05) is 23.6 Å². The summed E-state index contributed by atoms with van der Waals surface area (Å²) in [6, 6.07) is 14.6. The van der Waals surface area contributed by atoms with Crippen LogP contribution in [0.25, 0.3) is 11.4 Å². The minimum Gasteiger partial charge on any atom is -0.491 e. The molecule has 0 saturated carbocycles. The molecule has 10 heteroatoms. The van der Waals surface area contributed by atoms with E-state index < -0.39 is 12.8 Å². The van der Waals surface area contributed by atoms with Crippen LogP contribution in [0.5, 0.6) is 5.75 Å². The topological polar surface area (TPSA) is 58.4 Å². The molecule has 0 aliphatic heterocycles. The number of ether oxygens (including phenoxy) is 3. The Bertz CT molecular complexity index is 1030. The largest absolute Gasteiger partial charge is 0.491 e. The van der Waals surface area contributed by atoms with Crippen LogP contribution >= 0.6 is 11.6 Å². The lowest BCUT2D eigenvalue weighted by molar-refractivity contribution is -0.174. The standard InChI is InChI=1S/C23H25ClF3N3O3/c1-16(19-5-3-4-6-20(19)24)22-28-21(29-30(22)11-12-32-15-23(25,26)27)17-7-9-18(10-8-17)33-14-13-31-2/h3-10,16H,11-15H2,1-2H3. The predicted octanol–water partition coefficient (Wildman–Crippen LogP) is 5.35. The molecule has 0 aliphatic rings. The highest BCUT2D eigenvalue weighted by molar-refractivity contribution is 6.31. The Morgan fingerprint density at radius 1 is 1.03 bits per heavy atom. The van der Waals surface area contributed by atoms with Crippen LogP contribution in [0.3, 0.4) is 0 Å². The fourth-order valence-corrected chi connectivity index (χ4v) is 3.51. The first-order valence-corrected chi connectivity index (χ1v) is 10.7. The van der Waals surface area contributed by atoms with E-state index in [0.717, 1.165) is 11.1 Å². The summed E-state index contributed by atoms with van der Waals surface area (Å²) in [7, 11) is 1.60. The number of hydrogen-bond acceptors (Lipinski definition) is 5. The van der Waals surface area contributed by atoms with Crippen LogP contribution in [-0.2, 0) is 16.0 Å². The monoisotopic (exact) mass is 483 g/mol. The van der Waals surface area contributed by atoms with Crippen LogP contribution in [0.15, 0.2) is 48.5 Å². The van der Waals surface area contributed by atoms with Gasteiger partial charge in [-0.15, -0.1) is 0 Å². The second-order valence-corrected chi connectivity index (χ2v) is 7.70. The molecule has 3 rings (SSSR count). The summed E-state index contributed by atoms with van der Waals surface area (Å²) in [4.78, 5) is 4.69. The number of rotatable bonds is 11. The smallest absolute Gasteiger partial charge is 0.411 e. The summed E-state index contributed by atoms with van der Waals surface area (Å²) in [5, 5.41) is 5.11. The molecule has 0 radical (unpaired) electrons. The van der Waals surface area contributed by atoms with Crippen molar-refractivity contribution in [2.75, 3.05) is 33.5 Å². The summed E-state index contributed by atoms with van der Waals surface area (Å²) in [6.07, 6.45) is -4.38. The van der Waals surface area contributed by atoms with E-state index in [1.54, 1.807) is 30.0 Å². The van der Waals surface area contributed by atoms with Gasteiger partial charge in [-0.2, -0.15) is 18.3 Å². The lowest BCUT2D eigenvalue weighted by Gasteiger charge is -2.14. The fourth-order valence-electron chi connectivity index (χ4n) is 3.21. The number of benzene rings is 2. The molecule has 0 saturated heterocycles. The van der Waals surface area contributed by atoms with Gasteiger partial charge in [0.25, 0.3) is 0 Å². The van der Waals surface area contributed by atoms with E-state index in [9.17, 15) is 13.2 Å². The van der Waals surface area contributed by atoms with Crippen molar-refractivity contribution < 1.29 is 27.4 Å². The van der Waals surface area contributed by atoms with E-state index in [-0.39, 0.29) is 19.1 Å². The normalized spacial score (nSPS) is 12.7. The maximum atomic E-state index is 12.4. The molecule has 0 fully saturated rings. The van der Waals surface area contributed by atoms with E-state index in [0.29, 0.717) is 35.6 Å². The number of methoxy groups -OCH3 is 1. The first-order chi connectivity index (χ1) is 15.8. The molecule has 1 aromatic heterocycles. The molecule has 1 heterocycles. The van der Waals surface area contributed by atoms with Crippen LogP contribution in [-0.4, -0.2) is 54.5 Å². The third-order valence-corrected chi connectivity index (χ3v) is 5.19. The van der Waals surface area contributed by atoms with Crippen molar-refractivity contribution in [3.8, 4) is 17.1 Å². The highest BCUT2D eigenvalue weighted by Gasteiger charge is 2.27. The molecule has 178 valence electrons. The van der Waals surface area contributed by atoms with Gasteiger partial charge in [0.2, 0.25) is 0 Å². The van der Waals surface area contributed by atoms with Crippen molar-refractivity contribution in [1.29, 1.82) is 0 Å². The average molecular weight is 484 g/mol. The second kappa shape index (κ2) is 11.5. The van der Waals surface area contributed by atoms with E-state index in [4.69, 9.17) is 25.8 Å². The van der Waals surface area contributed by atoms with Crippen molar-refractivity contribution in [1.82, 2.24) is 14.8 Å². The highest BCUT2D eigenvalue weighted by Crippen LogP contribution is 2.30. The zero-order valence-electron chi connectivity index (χ0n) is 18.3. The molecule has 0 amide bonds. The molecule has 2 aromatic carbocycles. The second-order valence-electron chi connectivity index (χ2n) is 7.29. The molecule has 1 unspecified atom stereocenters. The van der Waals surface area contributed by atoms with Gasteiger partial charge in [0.1, 0.15) is 24.8 Å². The fraction of sp³-hybridized carbons (Fsp3) is 0.391. The maximum absolute atomic E-state index is 12.4.